The monoisotopic (exact) mass is 388 g/mol. The van der Waals surface area contributed by atoms with Crippen molar-refractivity contribution in [3.05, 3.63) is 59.7 Å². The number of carbonyl (C=O) groups is 1. The molecule has 1 fully saturated rings. The third-order valence-electron chi connectivity index (χ3n) is 4.59. The van der Waals surface area contributed by atoms with Crippen LogP contribution in [0.15, 0.2) is 53.4 Å². The van der Waals surface area contributed by atoms with E-state index in [0.29, 0.717) is 39.1 Å². The molecule has 0 radical (unpaired) electrons. The van der Waals surface area contributed by atoms with E-state index in [1.807, 2.05) is 31.2 Å². The molecule has 2 aromatic carbocycles. The molecule has 0 atom stereocenters. The Kier molecular flexibility index (Phi) is 6.26. The van der Waals surface area contributed by atoms with Gasteiger partial charge in [-0.2, -0.15) is 4.31 Å². The van der Waals surface area contributed by atoms with Gasteiger partial charge in [-0.25, -0.2) is 8.42 Å². The predicted octanol–water partition coefficient (Wildman–Crippen LogP) is 2.59. The number of nitrogens with one attached hydrogen (secondary N) is 1. The summed E-state index contributed by atoms with van der Waals surface area (Å²) in [4.78, 5) is 12.4. The standard InChI is InChI=1S/C20H24N2O4S/c1-16-4-2-3-5-19(16)21-20(23)11-8-17-6-9-18(10-7-17)27(24,25)22-12-14-26-15-13-22/h2-7,9-10H,8,11-15H2,1H3,(H,21,23). The summed E-state index contributed by atoms with van der Waals surface area (Å²) in [6.07, 6.45) is 0.888. The molecule has 1 heterocycles. The Hall–Kier alpha value is -2.22. The topological polar surface area (TPSA) is 75.7 Å². The SMILES string of the molecule is Cc1ccccc1NC(=O)CCc1ccc(S(=O)(=O)N2CCOCC2)cc1. The van der Waals surface area contributed by atoms with Gasteiger partial charge in [-0.15, -0.1) is 0 Å². The lowest BCUT2D eigenvalue weighted by atomic mass is 10.1. The van der Waals surface area contributed by atoms with Crippen LogP contribution in [-0.2, 0) is 26.0 Å². The molecule has 0 aliphatic carbocycles. The van der Waals surface area contributed by atoms with Gasteiger partial charge >= 0.3 is 0 Å². The van der Waals surface area contributed by atoms with E-state index in [4.69, 9.17) is 4.74 Å². The molecule has 1 amide bonds. The van der Waals surface area contributed by atoms with Gasteiger partial charge in [-0.1, -0.05) is 30.3 Å². The molecule has 0 aromatic heterocycles. The molecule has 0 spiro atoms. The minimum Gasteiger partial charge on any atom is -0.379 e. The minimum absolute atomic E-state index is 0.0608. The highest BCUT2D eigenvalue weighted by molar-refractivity contribution is 7.89. The highest BCUT2D eigenvalue weighted by Crippen LogP contribution is 2.19. The summed E-state index contributed by atoms with van der Waals surface area (Å²) in [6.45, 7) is 3.55. The van der Waals surface area contributed by atoms with Crippen LogP contribution in [0, 0.1) is 6.92 Å². The van der Waals surface area contributed by atoms with Gasteiger partial charge in [0, 0.05) is 25.2 Å². The Balaban J connectivity index is 1.57. The van der Waals surface area contributed by atoms with Gasteiger partial charge in [0.1, 0.15) is 0 Å². The highest BCUT2D eigenvalue weighted by atomic mass is 32.2. The number of morpholine rings is 1. The lowest BCUT2D eigenvalue weighted by Gasteiger charge is -2.26. The van der Waals surface area contributed by atoms with Crippen LogP contribution in [0.1, 0.15) is 17.5 Å². The zero-order chi connectivity index (χ0) is 19.3. The number of para-hydroxylation sites is 1. The van der Waals surface area contributed by atoms with Crippen molar-refractivity contribution in [2.75, 3.05) is 31.6 Å². The fourth-order valence-corrected chi connectivity index (χ4v) is 4.36. The number of nitrogens with zero attached hydrogens (tertiary/aromatic N) is 1. The lowest BCUT2D eigenvalue weighted by molar-refractivity contribution is -0.116. The quantitative estimate of drug-likeness (QED) is 0.825. The minimum atomic E-state index is -3.48. The molecule has 1 saturated heterocycles. The zero-order valence-corrected chi connectivity index (χ0v) is 16.2. The van der Waals surface area contributed by atoms with Gasteiger partial charge in [-0.3, -0.25) is 4.79 Å². The molecule has 1 aliphatic heterocycles. The second-order valence-electron chi connectivity index (χ2n) is 6.52. The number of hydrogen-bond donors (Lipinski definition) is 1. The van der Waals surface area contributed by atoms with Crippen LogP contribution in [0.25, 0.3) is 0 Å². The van der Waals surface area contributed by atoms with Crippen LogP contribution in [0.5, 0.6) is 0 Å². The van der Waals surface area contributed by atoms with Crippen LogP contribution < -0.4 is 5.32 Å². The maximum atomic E-state index is 12.6. The molecular weight excluding hydrogens is 364 g/mol. The van der Waals surface area contributed by atoms with E-state index in [-0.39, 0.29) is 10.8 Å². The number of ether oxygens (including phenoxy) is 1. The Morgan fingerprint density at radius 1 is 1.07 bits per heavy atom. The second kappa shape index (κ2) is 8.65. The molecule has 7 heteroatoms. The first kappa shape index (κ1) is 19.5. The first-order valence-corrected chi connectivity index (χ1v) is 10.4. The van der Waals surface area contributed by atoms with Crippen LogP contribution >= 0.6 is 0 Å². The largest absolute Gasteiger partial charge is 0.379 e. The fourth-order valence-electron chi connectivity index (χ4n) is 2.95. The van der Waals surface area contributed by atoms with Gasteiger partial charge in [0.25, 0.3) is 0 Å². The van der Waals surface area contributed by atoms with Gasteiger partial charge in [0.15, 0.2) is 0 Å². The summed E-state index contributed by atoms with van der Waals surface area (Å²) in [5.74, 6) is -0.0608. The van der Waals surface area contributed by atoms with E-state index in [1.54, 1.807) is 24.3 Å². The van der Waals surface area contributed by atoms with Gasteiger partial charge in [0.05, 0.1) is 18.1 Å². The van der Waals surface area contributed by atoms with Crippen LogP contribution in [0.2, 0.25) is 0 Å². The normalized spacial score (nSPS) is 15.4. The van der Waals surface area contributed by atoms with Crippen molar-refractivity contribution in [3.8, 4) is 0 Å². The third-order valence-corrected chi connectivity index (χ3v) is 6.50. The van der Waals surface area contributed by atoms with E-state index >= 15 is 0 Å². The second-order valence-corrected chi connectivity index (χ2v) is 8.46. The molecule has 6 nitrogen and oxygen atoms in total. The molecule has 0 unspecified atom stereocenters. The number of carbonyl (C=O) groups excluding carboxylic acids is 1. The number of anilines is 1. The number of amides is 1. The Morgan fingerprint density at radius 3 is 2.41 bits per heavy atom. The van der Waals surface area contributed by atoms with Crippen molar-refractivity contribution in [2.24, 2.45) is 0 Å². The number of rotatable bonds is 6. The first-order valence-electron chi connectivity index (χ1n) is 8.99. The lowest BCUT2D eigenvalue weighted by Crippen LogP contribution is -2.40. The summed E-state index contributed by atoms with van der Waals surface area (Å²) in [5, 5.41) is 2.91. The van der Waals surface area contributed by atoms with Gasteiger partial charge < -0.3 is 10.1 Å². The molecule has 144 valence electrons. The van der Waals surface area contributed by atoms with Crippen LogP contribution in [-0.4, -0.2) is 44.9 Å². The van der Waals surface area contributed by atoms with E-state index in [0.717, 1.165) is 16.8 Å². The number of sulfonamides is 1. The van der Waals surface area contributed by atoms with Gasteiger partial charge in [0.2, 0.25) is 15.9 Å². The maximum absolute atomic E-state index is 12.6. The summed E-state index contributed by atoms with van der Waals surface area (Å²) in [7, 11) is -3.48. The van der Waals surface area contributed by atoms with Crippen LogP contribution in [0.4, 0.5) is 5.69 Å². The summed E-state index contributed by atoms with van der Waals surface area (Å²) >= 11 is 0. The van der Waals surface area contributed by atoms with Crippen molar-refractivity contribution in [2.45, 2.75) is 24.7 Å². The summed E-state index contributed by atoms with van der Waals surface area (Å²) in [5.41, 5.74) is 2.76. The molecular formula is C20H24N2O4S. The van der Waals surface area contributed by atoms with Crippen molar-refractivity contribution in [1.29, 1.82) is 0 Å². The molecule has 3 rings (SSSR count). The predicted molar refractivity (Wildman–Crippen MR) is 104 cm³/mol. The van der Waals surface area contributed by atoms with E-state index in [2.05, 4.69) is 5.32 Å². The smallest absolute Gasteiger partial charge is 0.243 e. The molecule has 0 bridgehead atoms. The van der Waals surface area contributed by atoms with E-state index in [9.17, 15) is 13.2 Å². The molecule has 0 saturated carbocycles. The van der Waals surface area contributed by atoms with E-state index < -0.39 is 10.0 Å². The van der Waals surface area contributed by atoms with Crippen molar-refractivity contribution < 1.29 is 17.9 Å². The van der Waals surface area contributed by atoms with E-state index in [1.165, 1.54) is 4.31 Å². The molecule has 2 aromatic rings. The van der Waals surface area contributed by atoms with Gasteiger partial charge in [-0.05, 0) is 42.7 Å². The average molecular weight is 388 g/mol. The highest BCUT2D eigenvalue weighted by Gasteiger charge is 2.26. The summed E-state index contributed by atoms with van der Waals surface area (Å²) < 4.78 is 31.9. The Bertz CT molecular complexity index is 888. The Labute approximate surface area is 160 Å². The average Bonchev–Trinajstić information content (AvgIpc) is 2.69. The Morgan fingerprint density at radius 2 is 1.74 bits per heavy atom. The van der Waals surface area contributed by atoms with Crippen molar-refractivity contribution in [1.82, 2.24) is 4.31 Å². The number of benzene rings is 2. The zero-order valence-electron chi connectivity index (χ0n) is 15.3. The number of aryl methyl sites for hydroxylation is 2. The maximum Gasteiger partial charge on any atom is 0.243 e. The van der Waals surface area contributed by atoms with Crippen molar-refractivity contribution in [3.63, 3.8) is 0 Å². The fraction of sp³-hybridized carbons (Fsp3) is 0.350. The summed E-state index contributed by atoms with van der Waals surface area (Å²) in [6, 6.07) is 14.4. The first-order chi connectivity index (χ1) is 13.0. The molecule has 27 heavy (non-hydrogen) atoms. The molecule has 1 aliphatic rings. The molecule has 1 N–H and O–H groups in total. The van der Waals surface area contributed by atoms with Crippen molar-refractivity contribution >= 4 is 21.6 Å². The van der Waals surface area contributed by atoms with Crippen LogP contribution in [0.3, 0.4) is 0 Å². The third kappa shape index (κ3) is 4.94. The number of hydrogen-bond acceptors (Lipinski definition) is 4.